The third-order valence-corrected chi connectivity index (χ3v) is 4.97. The maximum Gasteiger partial charge on any atom is 0.451 e. The number of alkyl halides is 3. The van der Waals surface area contributed by atoms with Gasteiger partial charge in [0.05, 0.1) is 28.2 Å². The zero-order chi connectivity index (χ0) is 21.6. The molecule has 0 spiro atoms. The third kappa shape index (κ3) is 6.36. The van der Waals surface area contributed by atoms with Gasteiger partial charge in [-0.25, -0.2) is 9.97 Å². The van der Waals surface area contributed by atoms with Crippen molar-refractivity contribution in [2.45, 2.75) is 14.9 Å². The van der Waals surface area contributed by atoms with E-state index in [0.717, 1.165) is 28.2 Å². The van der Waals surface area contributed by atoms with Gasteiger partial charge in [0.25, 0.3) is 5.91 Å². The van der Waals surface area contributed by atoms with Gasteiger partial charge in [-0.3, -0.25) is 4.79 Å². The van der Waals surface area contributed by atoms with E-state index in [0.29, 0.717) is 27.7 Å². The van der Waals surface area contributed by atoms with Gasteiger partial charge in [-0.05, 0) is 54.1 Å². The van der Waals surface area contributed by atoms with Crippen LogP contribution in [0, 0.1) is 11.3 Å². The predicted octanol–water partition coefficient (Wildman–Crippen LogP) is 5.26. The van der Waals surface area contributed by atoms with Gasteiger partial charge in [0, 0.05) is 23.8 Å². The normalized spacial score (nSPS) is 10.9. The lowest BCUT2D eigenvalue weighted by molar-refractivity contribution is -0.0691. The number of rotatable bonds is 7. The van der Waals surface area contributed by atoms with Crippen molar-refractivity contribution in [2.24, 2.45) is 0 Å². The molecule has 0 fully saturated rings. The van der Waals surface area contributed by atoms with Crippen LogP contribution < -0.4 is 10.1 Å². The fraction of sp³-hybridized carbons (Fsp3) is 0.100. The fourth-order valence-electron chi connectivity index (χ4n) is 2.39. The number of nitrogens with one attached hydrogen (secondary N) is 1. The summed E-state index contributed by atoms with van der Waals surface area (Å²) in [5, 5.41) is 12.2. The highest BCUT2D eigenvalue weighted by atomic mass is 127. The lowest BCUT2D eigenvalue weighted by atomic mass is 10.2. The highest BCUT2D eigenvalue weighted by molar-refractivity contribution is 14.1. The van der Waals surface area contributed by atoms with Crippen molar-refractivity contribution >= 4 is 45.9 Å². The van der Waals surface area contributed by atoms with Crippen LogP contribution in [0.2, 0.25) is 0 Å². The highest BCUT2D eigenvalue weighted by Crippen LogP contribution is 2.29. The van der Waals surface area contributed by atoms with Crippen molar-refractivity contribution in [3.63, 3.8) is 0 Å². The van der Waals surface area contributed by atoms with E-state index in [1.807, 2.05) is 6.07 Å². The van der Waals surface area contributed by atoms with Crippen LogP contribution in [0.5, 0.6) is 5.75 Å². The Labute approximate surface area is 188 Å². The Bertz CT molecular complexity index is 1090. The Kier molecular flexibility index (Phi) is 7.17. The van der Waals surface area contributed by atoms with Gasteiger partial charge in [0.2, 0.25) is 0 Å². The molecule has 0 saturated heterocycles. The number of nitrogens with zero attached hydrogens (tertiary/aromatic N) is 3. The van der Waals surface area contributed by atoms with E-state index in [9.17, 15) is 13.6 Å². The van der Waals surface area contributed by atoms with Crippen molar-refractivity contribution in [3.05, 3.63) is 77.7 Å². The topological polar surface area (TPSA) is 87.9 Å². The molecule has 152 valence electrons. The molecule has 1 amide bonds. The van der Waals surface area contributed by atoms with Gasteiger partial charge in [0.1, 0.15) is 22.5 Å². The van der Waals surface area contributed by atoms with Crippen LogP contribution in [0.1, 0.15) is 21.6 Å². The Hall–Kier alpha value is -2.78. The van der Waals surface area contributed by atoms with Gasteiger partial charge in [-0.2, -0.15) is 14.0 Å². The molecule has 3 rings (SSSR count). The summed E-state index contributed by atoms with van der Waals surface area (Å²) in [5.74, 6) is 0.107. The maximum absolute atomic E-state index is 12.9. The second-order valence-electron chi connectivity index (χ2n) is 5.83. The van der Waals surface area contributed by atoms with Crippen LogP contribution in [0.4, 0.5) is 14.5 Å². The average molecular weight is 538 g/mol. The molecule has 2 heterocycles. The van der Waals surface area contributed by atoms with Crippen LogP contribution in [0.25, 0.3) is 0 Å². The predicted molar refractivity (Wildman–Crippen MR) is 117 cm³/mol. The van der Waals surface area contributed by atoms with Gasteiger partial charge in [0.15, 0.2) is 0 Å². The van der Waals surface area contributed by atoms with E-state index in [-0.39, 0.29) is 11.7 Å². The van der Waals surface area contributed by atoms with E-state index < -0.39 is 4.12 Å². The quantitative estimate of drug-likeness (QED) is 0.251. The van der Waals surface area contributed by atoms with Crippen LogP contribution in [-0.4, -0.2) is 20.0 Å². The number of benzene rings is 1. The molecule has 1 N–H and O–H groups in total. The van der Waals surface area contributed by atoms with Crippen LogP contribution in [-0.2, 0) is 5.75 Å². The van der Waals surface area contributed by atoms with E-state index in [1.54, 1.807) is 36.7 Å². The molecule has 0 radical (unpaired) electrons. The molecule has 0 aliphatic carbocycles. The lowest BCUT2D eigenvalue weighted by Crippen LogP contribution is -2.15. The minimum atomic E-state index is -3.31. The molecular weight excluding hydrogens is 525 g/mol. The summed E-state index contributed by atoms with van der Waals surface area (Å²) in [6.07, 6.45) is 3.14. The van der Waals surface area contributed by atoms with Gasteiger partial charge >= 0.3 is 4.12 Å². The SMILES string of the molecule is N#Cc1cc(CSc2ncccc2C(=O)Nc2ccc(OC(F)(F)I)cc2)ccn1. The average Bonchev–Trinajstić information content (AvgIpc) is 2.73. The number of hydrogen-bond acceptors (Lipinski definition) is 6. The molecule has 0 bridgehead atoms. The summed E-state index contributed by atoms with van der Waals surface area (Å²) < 4.78 is 26.9. The van der Waals surface area contributed by atoms with E-state index >= 15 is 0 Å². The Morgan fingerprint density at radius 1 is 1.20 bits per heavy atom. The third-order valence-electron chi connectivity index (χ3n) is 3.68. The van der Waals surface area contributed by atoms with Crippen LogP contribution >= 0.6 is 34.4 Å². The number of amides is 1. The van der Waals surface area contributed by atoms with E-state index in [1.165, 1.54) is 36.0 Å². The second kappa shape index (κ2) is 9.82. The molecule has 1 aromatic carbocycles. The zero-order valence-corrected chi connectivity index (χ0v) is 18.2. The molecule has 0 aliphatic heterocycles. The first-order valence-electron chi connectivity index (χ1n) is 8.44. The minimum Gasteiger partial charge on any atom is -0.425 e. The molecule has 2 aromatic heterocycles. The van der Waals surface area contributed by atoms with E-state index in [2.05, 4.69) is 20.0 Å². The second-order valence-corrected chi connectivity index (χ2v) is 8.05. The fourth-order valence-corrected chi connectivity index (χ4v) is 3.58. The molecule has 0 atom stereocenters. The van der Waals surface area contributed by atoms with Gasteiger partial charge in [-0.15, -0.1) is 11.8 Å². The number of aromatic nitrogens is 2. The van der Waals surface area contributed by atoms with Crippen molar-refractivity contribution in [3.8, 4) is 11.8 Å². The highest BCUT2D eigenvalue weighted by Gasteiger charge is 2.26. The summed E-state index contributed by atoms with van der Waals surface area (Å²) in [4.78, 5) is 20.9. The monoisotopic (exact) mass is 538 g/mol. The number of hydrogen-bond donors (Lipinski definition) is 1. The Morgan fingerprint density at radius 2 is 1.97 bits per heavy atom. The standard InChI is InChI=1S/C20H13F2IN4O2S/c21-20(22,23)29-16-5-3-14(4-6-16)27-18(28)17-2-1-8-26-19(17)30-12-13-7-9-25-15(10-13)11-24/h1-10H,12H2,(H,27,28). The number of pyridine rings is 2. The number of thioether (sulfide) groups is 1. The van der Waals surface area contributed by atoms with Crippen LogP contribution in [0.3, 0.4) is 0 Å². The molecule has 10 heteroatoms. The smallest absolute Gasteiger partial charge is 0.425 e. The molecule has 0 aliphatic rings. The minimum absolute atomic E-state index is 0.0147. The molecular formula is C20H13F2IN4O2S. The van der Waals surface area contributed by atoms with Crippen molar-refractivity contribution in [1.29, 1.82) is 5.26 Å². The molecule has 30 heavy (non-hydrogen) atoms. The first-order chi connectivity index (χ1) is 14.3. The summed E-state index contributed by atoms with van der Waals surface area (Å²) in [6, 6.07) is 14.4. The number of anilines is 1. The summed E-state index contributed by atoms with van der Waals surface area (Å²) in [6.45, 7) is 0. The largest absolute Gasteiger partial charge is 0.451 e. The number of ether oxygens (including phenoxy) is 1. The number of halogens is 3. The number of carbonyl (C=O) groups excluding carboxylic acids is 1. The van der Waals surface area contributed by atoms with Crippen molar-refractivity contribution < 1.29 is 18.3 Å². The summed E-state index contributed by atoms with van der Waals surface area (Å²) >= 11 is 2.24. The Balaban J connectivity index is 1.68. The summed E-state index contributed by atoms with van der Waals surface area (Å²) in [7, 11) is 0. The van der Waals surface area contributed by atoms with Crippen molar-refractivity contribution in [2.75, 3.05) is 5.32 Å². The van der Waals surface area contributed by atoms with Gasteiger partial charge in [-0.1, -0.05) is 0 Å². The first kappa shape index (κ1) is 21.9. The zero-order valence-electron chi connectivity index (χ0n) is 15.2. The Morgan fingerprint density at radius 3 is 2.67 bits per heavy atom. The lowest BCUT2D eigenvalue weighted by Gasteiger charge is -2.12. The number of carbonyl (C=O) groups is 1. The molecule has 3 aromatic rings. The van der Waals surface area contributed by atoms with Gasteiger partial charge < -0.3 is 10.1 Å². The maximum atomic E-state index is 12.9. The van der Waals surface area contributed by atoms with Crippen molar-refractivity contribution in [1.82, 2.24) is 9.97 Å². The van der Waals surface area contributed by atoms with Crippen LogP contribution in [0.15, 0.2) is 66.0 Å². The summed E-state index contributed by atoms with van der Waals surface area (Å²) in [5.41, 5.74) is 2.00. The number of nitriles is 1. The molecule has 0 saturated carbocycles. The molecule has 6 nitrogen and oxygen atoms in total. The first-order valence-corrected chi connectivity index (χ1v) is 10.5. The van der Waals surface area contributed by atoms with E-state index in [4.69, 9.17) is 5.26 Å². The molecule has 0 unspecified atom stereocenters.